The first kappa shape index (κ1) is 12.3. The molecule has 0 heterocycles. The van der Waals surface area contributed by atoms with E-state index in [1.54, 1.807) is 12.1 Å². The van der Waals surface area contributed by atoms with Gasteiger partial charge in [0.05, 0.1) is 0 Å². The van der Waals surface area contributed by atoms with E-state index in [1.165, 1.54) is 6.07 Å². The molecule has 0 spiro atoms. The Morgan fingerprint density at radius 1 is 1.17 bits per heavy atom. The van der Waals surface area contributed by atoms with Crippen LogP contribution in [-0.2, 0) is 6.42 Å². The summed E-state index contributed by atoms with van der Waals surface area (Å²) in [5.41, 5.74) is 8.61. The van der Waals surface area contributed by atoms with Crippen LogP contribution < -0.4 is 5.73 Å². The Morgan fingerprint density at radius 3 is 2.50 bits per heavy atom. The first-order valence-corrected chi connectivity index (χ1v) is 5.75. The van der Waals surface area contributed by atoms with Crippen LogP contribution >= 0.6 is 0 Å². The zero-order valence-electron chi connectivity index (χ0n) is 10.2. The summed E-state index contributed by atoms with van der Waals surface area (Å²) in [4.78, 5) is 0. The molecular weight excluding hydrogens is 227 g/mol. The molecule has 0 saturated heterocycles. The molecule has 0 aliphatic heterocycles. The number of hydrogen-bond acceptors (Lipinski definition) is 1. The highest BCUT2D eigenvalue weighted by atomic mass is 19.1. The Morgan fingerprint density at radius 2 is 1.89 bits per heavy atom. The maximum atomic E-state index is 13.9. The van der Waals surface area contributed by atoms with Gasteiger partial charge in [-0.3, -0.25) is 5.41 Å². The van der Waals surface area contributed by atoms with Crippen molar-refractivity contribution in [3.63, 3.8) is 0 Å². The fourth-order valence-electron chi connectivity index (χ4n) is 1.87. The third kappa shape index (κ3) is 2.56. The molecule has 2 aromatic carbocycles. The quantitative estimate of drug-likeness (QED) is 0.631. The van der Waals surface area contributed by atoms with Gasteiger partial charge in [-0.15, -0.1) is 0 Å². The van der Waals surface area contributed by atoms with Gasteiger partial charge in [0.2, 0.25) is 0 Å². The lowest BCUT2D eigenvalue weighted by molar-refractivity contribution is 0.613. The van der Waals surface area contributed by atoms with Crippen LogP contribution in [0.4, 0.5) is 4.39 Å². The lowest BCUT2D eigenvalue weighted by Gasteiger charge is -2.08. The predicted octanol–water partition coefficient (Wildman–Crippen LogP) is 3.01. The Hall–Kier alpha value is -2.16. The van der Waals surface area contributed by atoms with E-state index in [1.807, 2.05) is 31.2 Å². The van der Waals surface area contributed by atoms with Gasteiger partial charge in [0, 0.05) is 12.0 Å². The molecule has 0 radical (unpaired) electrons. The smallest absolute Gasteiger partial charge is 0.127 e. The maximum absolute atomic E-state index is 13.9. The maximum Gasteiger partial charge on any atom is 0.127 e. The van der Waals surface area contributed by atoms with Crippen molar-refractivity contribution in [3.8, 4) is 0 Å². The molecule has 0 bridgehead atoms. The third-order valence-corrected chi connectivity index (χ3v) is 3.01. The van der Waals surface area contributed by atoms with E-state index in [0.717, 1.165) is 11.1 Å². The van der Waals surface area contributed by atoms with Gasteiger partial charge >= 0.3 is 0 Å². The number of nitrogens with two attached hydrogens (primary N) is 1. The standard InChI is InChI=1S/C15H15FN2/c1-10-4-2-3-5-11(10)8-12-6-7-13(15(17)18)9-14(12)16/h2-7,9H,8H2,1H3,(H3,17,18). The minimum Gasteiger partial charge on any atom is -0.384 e. The Balaban J connectivity index is 2.30. The summed E-state index contributed by atoms with van der Waals surface area (Å²) >= 11 is 0. The fraction of sp³-hybridized carbons (Fsp3) is 0.133. The average molecular weight is 242 g/mol. The second-order valence-electron chi connectivity index (χ2n) is 4.32. The van der Waals surface area contributed by atoms with Crippen molar-refractivity contribution in [2.75, 3.05) is 0 Å². The average Bonchev–Trinajstić information content (AvgIpc) is 2.34. The van der Waals surface area contributed by atoms with Crippen LogP contribution in [0.2, 0.25) is 0 Å². The van der Waals surface area contributed by atoms with Crippen LogP contribution in [0.15, 0.2) is 42.5 Å². The third-order valence-electron chi connectivity index (χ3n) is 3.01. The molecule has 0 unspecified atom stereocenters. The number of rotatable bonds is 3. The van der Waals surface area contributed by atoms with Gasteiger partial charge in [0.15, 0.2) is 0 Å². The summed E-state index contributed by atoms with van der Waals surface area (Å²) in [5, 5.41) is 7.27. The van der Waals surface area contributed by atoms with Crippen molar-refractivity contribution in [1.82, 2.24) is 0 Å². The Kier molecular flexibility index (Phi) is 3.42. The topological polar surface area (TPSA) is 49.9 Å². The second kappa shape index (κ2) is 5.00. The molecule has 0 aromatic heterocycles. The van der Waals surface area contributed by atoms with E-state index in [9.17, 15) is 4.39 Å². The van der Waals surface area contributed by atoms with Crippen molar-refractivity contribution in [2.45, 2.75) is 13.3 Å². The van der Waals surface area contributed by atoms with Crippen molar-refractivity contribution >= 4 is 5.84 Å². The van der Waals surface area contributed by atoms with Crippen molar-refractivity contribution in [3.05, 3.63) is 70.5 Å². The summed E-state index contributed by atoms with van der Waals surface area (Å²) in [7, 11) is 0. The first-order valence-electron chi connectivity index (χ1n) is 5.75. The van der Waals surface area contributed by atoms with Crippen molar-refractivity contribution in [2.24, 2.45) is 5.73 Å². The predicted molar refractivity (Wildman–Crippen MR) is 71.4 cm³/mol. The van der Waals surface area contributed by atoms with Gasteiger partial charge in [-0.1, -0.05) is 36.4 Å². The van der Waals surface area contributed by atoms with Gasteiger partial charge in [-0.2, -0.15) is 0 Å². The molecule has 0 atom stereocenters. The number of aryl methyl sites for hydroxylation is 1. The summed E-state index contributed by atoms with van der Waals surface area (Å²) in [6.07, 6.45) is 0.552. The normalized spacial score (nSPS) is 10.3. The molecule has 3 N–H and O–H groups in total. The zero-order chi connectivity index (χ0) is 13.1. The van der Waals surface area contributed by atoms with Gasteiger partial charge < -0.3 is 5.73 Å². The molecule has 2 aromatic rings. The van der Waals surface area contributed by atoms with Crippen LogP contribution in [0.1, 0.15) is 22.3 Å². The molecule has 0 amide bonds. The Labute approximate surface area is 106 Å². The lowest BCUT2D eigenvalue weighted by Crippen LogP contribution is -2.11. The molecule has 0 fully saturated rings. The molecule has 0 aliphatic rings. The minimum absolute atomic E-state index is 0.114. The largest absolute Gasteiger partial charge is 0.384 e. The van der Waals surface area contributed by atoms with Crippen LogP contribution in [0, 0.1) is 18.2 Å². The second-order valence-corrected chi connectivity index (χ2v) is 4.32. The van der Waals surface area contributed by atoms with E-state index >= 15 is 0 Å². The molecule has 18 heavy (non-hydrogen) atoms. The first-order chi connectivity index (χ1) is 8.58. The summed E-state index contributed by atoms with van der Waals surface area (Å²) in [5.74, 6) is -0.428. The highest BCUT2D eigenvalue weighted by molar-refractivity contribution is 5.94. The number of halogens is 1. The highest BCUT2D eigenvalue weighted by Gasteiger charge is 2.07. The molecule has 3 heteroatoms. The van der Waals surface area contributed by atoms with E-state index in [-0.39, 0.29) is 11.7 Å². The van der Waals surface area contributed by atoms with E-state index in [2.05, 4.69) is 0 Å². The van der Waals surface area contributed by atoms with E-state index < -0.39 is 0 Å². The number of nitrogen functional groups attached to an aromatic ring is 1. The summed E-state index contributed by atoms with van der Waals surface area (Å²) in [6.45, 7) is 2.01. The lowest BCUT2D eigenvalue weighted by atomic mass is 9.99. The highest BCUT2D eigenvalue weighted by Crippen LogP contribution is 2.17. The SMILES string of the molecule is Cc1ccccc1Cc1ccc(C(=N)N)cc1F. The van der Waals surface area contributed by atoms with Crippen LogP contribution in [0.3, 0.4) is 0 Å². The number of nitrogens with one attached hydrogen (secondary N) is 1. The van der Waals surface area contributed by atoms with Crippen molar-refractivity contribution < 1.29 is 4.39 Å². The molecule has 2 rings (SSSR count). The van der Waals surface area contributed by atoms with E-state index in [0.29, 0.717) is 17.5 Å². The monoisotopic (exact) mass is 242 g/mol. The van der Waals surface area contributed by atoms with Gasteiger partial charge in [0.1, 0.15) is 11.7 Å². The molecule has 2 nitrogen and oxygen atoms in total. The molecule has 92 valence electrons. The number of benzene rings is 2. The van der Waals surface area contributed by atoms with Gasteiger partial charge in [0.25, 0.3) is 0 Å². The van der Waals surface area contributed by atoms with Crippen LogP contribution in [-0.4, -0.2) is 5.84 Å². The fourth-order valence-corrected chi connectivity index (χ4v) is 1.87. The van der Waals surface area contributed by atoms with Crippen LogP contribution in [0.5, 0.6) is 0 Å². The zero-order valence-corrected chi connectivity index (χ0v) is 10.2. The van der Waals surface area contributed by atoms with Gasteiger partial charge in [-0.05, 0) is 29.7 Å². The number of amidine groups is 1. The molecular formula is C15H15FN2. The van der Waals surface area contributed by atoms with Gasteiger partial charge in [-0.25, -0.2) is 4.39 Å². The van der Waals surface area contributed by atoms with Crippen LogP contribution in [0.25, 0.3) is 0 Å². The minimum atomic E-state index is -0.314. The van der Waals surface area contributed by atoms with E-state index in [4.69, 9.17) is 11.1 Å². The Bertz CT molecular complexity index is 591. The summed E-state index contributed by atoms with van der Waals surface area (Å²) in [6, 6.07) is 12.6. The number of hydrogen-bond donors (Lipinski definition) is 2. The molecule has 0 saturated carbocycles. The van der Waals surface area contributed by atoms with Crippen molar-refractivity contribution in [1.29, 1.82) is 5.41 Å². The molecule has 0 aliphatic carbocycles. The summed E-state index contributed by atoms with van der Waals surface area (Å²) < 4.78 is 13.9.